The van der Waals surface area contributed by atoms with E-state index in [4.69, 9.17) is 11.6 Å². The second-order valence-corrected chi connectivity index (χ2v) is 5.65. The van der Waals surface area contributed by atoms with Gasteiger partial charge in [0.05, 0.1) is 0 Å². The van der Waals surface area contributed by atoms with Crippen molar-refractivity contribution in [3.05, 3.63) is 64.7 Å². The van der Waals surface area contributed by atoms with Crippen molar-refractivity contribution in [1.29, 1.82) is 0 Å². The van der Waals surface area contributed by atoms with Crippen LogP contribution in [0.5, 0.6) is 0 Å². The van der Waals surface area contributed by atoms with E-state index in [0.717, 1.165) is 5.69 Å². The van der Waals surface area contributed by atoms with Gasteiger partial charge >= 0.3 is 5.56 Å². The molecule has 0 saturated carbocycles. The maximum Gasteiger partial charge on any atom is 0.300 e. The molecule has 21 heavy (non-hydrogen) atoms. The Hall–Kier alpha value is -2.05. The lowest BCUT2D eigenvalue weighted by Crippen LogP contribution is -2.20. The zero-order chi connectivity index (χ0) is 14.8. The first-order valence-electron chi connectivity index (χ1n) is 6.17. The van der Waals surface area contributed by atoms with Crippen LogP contribution in [0.4, 0.5) is 0 Å². The molecule has 0 N–H and O–H groups in total. The molecule has 1 aromatic carbocycles. The molecule has 0 fully saturated rings. The topological polar surface area (TPSA) is 52.2 Å². The van der Waals surface area contributed by atoms with E-state index in [0.29, 0.717) is 21.6 Å². The van der Waals surface area contributed by atoms with Crippen LogP contribution in [0.3, 0.4) is 0 Å². The zero-order valence-corrected chi connectivity index (χ0v) is 12.5. The summed E-state index contributed by atoms with van der Waals surface area (Å²) in [6, 6.07) is 7.04. The minimum Gasteiger partial charge on any atom is -0.280 e. The van der Waals surface area contributed by atoms with E-state index in [9.17, 15) is 4.79 Å². The van der Waals surface area contributed by atoms with E-state index in [1.807, 2.05) is 0 Å². The lowest BCUT2D eigenvalue weighted by atomic mass is 10.3. The molecule has 0 amide bonds. The number of hydrogen-bond donors (Lipinski definition) is 0. The van der Waals surface area contributed by atoms with E-state index in [1.54, 1.807) is 47.1 Å². The molecular formula is C14H11ClN4OS. The zero-order valence-electron chi connectivity index (χ0n) is 10.9. The van der Waals surface area contributed by atoms with Gasteiger partial charge in [0.1, 0.15) is 0 Å². The molecule has 0 unspecified atom stereocenters. The molecule has 0 aliphatic heterocycles. The number of fused-ring (bicyclic) bond motifs is 1. The van der Waals surface area contributed by atoms with Crippen molar-refractivity contribution in [3.63, 3.8) is 0 Å². The molecule has 106 valence electrons. The molecule has 0 aliphatic rings. The van der Waals surface area contributed by atoms with Gasteiger partial charge < -0.3 is 0 Å². The number of hydrogen-bond acceptors (Lipinski definition) is 4. The summed E-state index contributed by atoms with van der Waals surface area (Å²) in [7, 11) is 0. The average Bonchev–Trinajstić information content (AvgIpc) is 2.91. The molecule has 2 aromatic heterocycles. The number of thioether (sulfide) groups is 1. The first kappa shape index (κ1) is 13.9. The molecule has 2 heterocycles. The van der Waals surface area contributed by atoms with Gasteiger partial charge in [-0.05, 0) is 24.3 Å². The van der Waals surface area contributed by atoms with Crippen LogP contribution in [0.15, 0.2) is 59.3 Å². The molecule has 7 heteroatoms. The third kappa shape index (κ3) is 2.59. The van der Waals surface area contributed by atoms with Crippen LogP contribution in [0.2, 0.25) is 5.02 Å². The number of rotatable bonds is 4. The number of aromatic nitrogens is 4. The minimum atomic E-state index is -0.224. The minimum absolute atomic E-state index is 0.224. The van der Waals surface area contributed by atoms with E-state index in [2.05, 4.69) is 16.8 Å². The summed E-state index contributed by atoms with van der Waals surface area (Å²) in [5.41, 5.74) is 0.798. The summed E-state index contributed by atoms with van der Waals surface area (Å²) in [6.07, 6.45) is 5.25. The number of halogens is 1. The Kier molecular flexibility index (Phi) is 3.81. The van der Waals surface area contributed by atoms with Crippen molar-refractivity contribution in [3.8, 4) is 5.69 Å². The standard InChI is InChI=1S/C14H11ClN4OS/c1-2-9-21-14-17-16-12-13(20)18(7-8-19(12)14)11-5-3-10(15)4-6-11/h2-8H,1,9H2. The van der Waals surface area contributed by atoms with Crippen molar-refractivity contribution in [2.75, 3.05) is 5.75 Å². The molecule has 3 rings (SSSR count). The Labute approximate surface area is 129 Å². The van der Waals surface area contributed by atoms with Gasteiger partial charge in [0, 0.05) is 28.9 Å². The van der Waals surface area contributed by atoms with Crippen LogP contribution >= 0.6 is 23.4 Å². The Morgan fingerprint density at radius 3 is 2.71 bits per heavy atom. The summed E-state index contributed by atoms with van der Waals surface area (Å²) in [5, 5.41) is 9.30. The summed E-state index contributed by atoms with van der Waals surface area (Å²) >= 11 is 7.34. The fraction of sp³-hybridized carbons (Fsp3) is 0.0714. The first-order chi connectivity index (χ1) is 10.2. The molecule has 0 radical (unpaired) electrons. The van der Waals surface area contributed by atoms with Gasteiger partial charge in [-0.2, -0.15) is 0 Å². The summed E-state index contributed by atoms with van der Waals surface area (Å²) in [6.45, 7) is 3.66. The summed E-state index contributed by atoms with van der Waals surface area (Å²) < 4.78 is 3.20. The predicted octanol–water partition coefficient (Wildman–Crippen LogP) is 2.81. The van der Waals surface area contributed by atoms with E-state index < -0.39 is 0 Å². The van der Waals surface area contributed by atoms with Crippen molar-refractivity contribution >= 4 is 29.0 Å². The highest BCUT2D eigenvalue weighted by Crippen LogP contribution is 2.16. The number of benzene rings is 1. The predicted molar refractivity (Wildman–Crippen MR) is 84.5 cm³/mol. The molecular weight excluding hydrogens is 308 g/mol. The monoisotopic (exact) mass is 318 g/mol. The molecule has 5 nitrogen and oxygen atoms in total. The van der Waals surface area contributed by atoms with Gasteiger partial charge in [-0.15, -0.1) is 16.8 Å². The van der Waals surface area contributed by atoms with Crippen molar-refractivity contribution < 1.29 is 0 Å². The van der Waals surface area contributed by atoms with Crippen molar-refractivity contribution in [2.24, 2.45) is 0 Å². The van der Waals surface area contributed by atoms with Gasteiger partial charge in [0.15, 0.2) is 5.16 Å². The Morgan fingerprint density at radius 2 is 2.00 bits per heavy atom. The smallest absolute Gasteiger partial charge is 0.280 e. The Morgan fingerprint density at radius 1 is 1.24 bits per heavy atom. The molecule has 0 bridgehead atoms. The normalized spacial score (nSPS) is 10.9. The maximum absolute atomic E-state index is 12.5. The molecule has 0 spiro atoms. The van der Waals surface area contributed by atoms with Gasteiger partial charge in [0.25, 0.3) is 0 Å². The fourth-order valence-corrected chi connectivity index (χ4v) is 2.68. The van der Waals surface area contributed by atoms with E-state index >= 15 is 0 Å². The lowest BCUT2D eigenvalue weighted by molar-refractivity contribution is 0.894. The Bertz CT molecular complexity index is 854. The van der Waals surface area contributed by atoms with Gasteiger partial charge in [-0.25, -0.2) is 0 Å². The largest absolute Gasteiger partial charge is 0.300 e. The maximum atomic E-state index is 12.5. The lowest BCUT2D eigenvalue weighted by Gasteiger charge is -2.06. The second-order valence-electron chi connectivity index (χ2n) is 4.23. The van der Waals surface area contributed by atoms with E-state index in [1.165, 1.54) is 16.3 Å². The van der Waals surface area contributed by atoms with Crippen LogP contribution < -0.4 is 5.56 Å². The Balaban J connectivity index is 2.11. The van der Waals surface area contributed by atoms with E-state index in [-0.39, 0.29) is 5.56 Å². The van der Waals surface area contributed by atoms with Gasteiger partial charge in [-0.1, -0.05) is 29.4 Å². The van der Waals surface area contributed by atoms with Crippen LogP contribution in [0.25, 0.3) is 11.3 Å². The highest BCUT2D eigenvalue weighted by Gasteiger charge is 2.11. The molecule has 3 aromatic rings. The third-order valence-electron chi connectivity index (χ3n) is 2.87. The first-order valence-corrected chi connectivity index (χ1v) is 7.53. The van der Waals surface area contributed by atoms with Crippen LogP contribution in [0.1, 0.15) is 0 Å². The fourth-order valence-electron chi connectivity index (χ4n) is 1.90. The molecule has 0 atom stereocenters. The van der Waals surface area contributed by atoms with Crippen molar-refractivity contribution in [2.45, 2.75) is 5.16 Å². The van der Waals surface area contributed by atoms with Crippen LogP contribution in [-0.4, -0.2) is 24.9 Å². The summed E-state index contributed by atoms with van der Waals surface area (Å²) in [4.78, 5) is 12.5. The van der Waals surface area contributed by atoms with Gasteiger partial charge in [0.2, 0.25) is 5.65 Å². The number of nitrogens with zero attached hydrogens (tertiary/aromatic N) is 4. The van der Waals surface area contributed by atoms with Gasteiger partial charge in [-0.3, -0.25) is 13.8 Å². The average molecular weight is 319 g/mol. The SMILES string of the molecule is C=CCSc1nnc2c(=O)n(-c3ccc(Cl)cc3)ccn12. The third-order valence-corrected chi connectivity index (χ3v) is 4.07. The highest BCUT2D eigenvalue weighted by molar-refractivity contribution is 7.99. The quantitative estimate of drug-likeness (QED) is 0.548. The summed E-state index contributed by atoms with van der Waals surface area (Å²) in [5.74, 6) is 0.709. The molecule has 0 saturated heterocycles. The van der Waals surface area contributed by atoms with Crippen molar-refractivity contribution in [1.82, 2.24) is 19.2 Å². The van der Waals surface area contributed by atoms with Crippen LogP contribution in [-0.2, 0) is 0 Å². The molecule has 0 aliphatic carbocycles. The highest BCUT2D eigenvalue weighted by atomic mass is 35.5. The second kappa shape index (κ2) is 5.75. The van der Waals surface area contributed by atoms with Crippen LogP contribution in [0, 0.1) is 0 Å².